The van der Waals surface area contributed by atoms with E-state index in [0.29, 0.717) is 11.2 Å². The molecule has 0 bridgehead atoms. The van der Waals surface area contributed by atoms with Gasteiger partial charge >= 0.3 is 0 Å². The second-order valence-corrected chi connectivity index (χ2v) is 10.2. The fraction of sp³-hybridized carbons (Fsp3) is 0.409. The molecule has 1 aromatic heterocycles. The van der Waals surface area contributed by atoms with Crippen LogP contribution >= 0.6 is 0 Å². The number of imidazole rings is 1. The van der Waals surface area contributed by atoms with Crippen molar-refractivity contribution >= 4 is 26.7 Å². The minimum atomic E-state index is -3.69. The van der Waals surface area contributed by atoms with Crippen LogP contribution in [0.1, 0.15) is 39.4 Å². The summed E-state index contributed by atoms with van der Waals surface area (Å²) < 4.78 is 36.5. The van der Waals surface area contributed by atoms with Crippen LogP contribution < -0.4 is 4.72 Å². The second-order valence-electron chi connectivity index (χ2n) is 8.52. The van der Waals surface area contributed by atoms with E-state index in [4.69, 9.17) is 9.72 Å². The molecule has 1 aliphatic rings. The summed E-state index contributed by atoms with van der Waals surface area (Å²) in [6.45, 7) is 7.87. The van der Waals surface area contributed by atoms with Gasteiger partial charge in [-0.2, -0.15) is 0 Å². The lowest BCUT2D eigenvalue weighted by Gasteiger charge is -2.22. The van der Waals surface area contributed by atoms with Gasteiger partial charge in [0, 0.05) is 12.0 Å². The van der Waals surface area contributed by atoms with Gasteiger partial charge in [0.15, 0.2) is 0 Å². The number of hydrogen-bond acceptors (Lipinski definition) is 4. The largest absolute Gasteiger partial charge is 0.376 e. The lowest BCUT2D eigenvalue weighted by molar-refractivity contribution is 0.0965. The fourth-order valence-electron chi connectivity index (χ4n) is 3.78. The standard InChI is InChI=1S/C22H27N3O3S/c1-22(2,3)21-23-20-18(24-29(26,27)17-10-5-4-6-11-17)12-7-13-19(20)25(21)15-16-9-8-14-28-16/h4-7,10-13,16,24H,8-9,14-15H2,1-3H3. The number of aromatic nitrogens is 2. The Morgan fingerprint density at radius 3 is 2.55 bits per heavy atom. The van der Waals surface area contributed by atoms with Crippen molar-refractivity contribution in [2.45, 2.75) is 56.6 Å². The van der Waals surface area contributed by atoms with Gasteiger partial charge in [-0.3, -0.25) is 4.72 Å². The van der Waals surface area contributed by atoms with Crippen molar-refractivity contribution in [1.29, 1.82) is 0 Å². The number of sulfonamides is 1. The number of rotatable bonds is 5. The van der Waals surface area contributed by atoms with Crippen LogP contribution in [-0.4, -0.2) is 30.7 Å². The molecule has 1 atom stereocenters. The zero-order valence-electron chi connectivity index (χ0n) is 17.1. The first-order chi connectivity index (χ1) is 13.8. The van der Waals surface area contributed by atoms with E-state index in [1.807, 2.05) is 12.1 Å². The molecule has 0 radical (unpaired) electrons. The maximum atomic E-state index is 12.8. The molecule has 1 N–H and O–H groups in total. The number of fused-ring (bicyclic) bond motifs is 1. The molecule has 29 heavy (non-hydrogen) atoms. The van der Waals surface area contributed by atoms with Gasteiger partial charge in [0.1, 0.15) is 11.3 Å². The number of ether oxygens (including phenoxy) is 1. The number of hydrogen-bond donors (Lipinski definition) is 1. The first kappa shape index (κ1) is 19.9. The Labute approximate surface area is 172 Å². The average molecular weight is 414 g/mol. The number of anilines is 1. The van der Waals surface area contributed by atoms with E-state index < -0.39 is 10.0 Å². The summed E-state index contributed by atoms with van der Waals surface area (Å²) in [5.41, 5.74) is 1.88. The highest BCUT2D eigenvalue weighted by Crippen LogP contribution is 2.32. The van der Waals surface area contributed by atoms with Crippen molar-refractivity contribution in [1.82, 2.24) is 9.55 Å². The Hall–Kier alpha value is -2.38. The predicted octanol–water partition coefficient (Wildman–Crippen LogP) is 4.31. The van der Waals surface area contributed by atoms with Gasteiger partial charge in [-0.1, -0.05) is 45.0 Å². The molecule has 2 heterocycles. The van der Waals surface area contributed by atoms with Crippen molar-refractivity contribution in [2.24, 2.45) is 0 Å². The molecule has 3 aromatic rings. The lowest BCUT2D eigenvalue weighted by Crippen LogP contribution is -2.23. The normalized spacial score (nSPS) is 17.7. The summed E-state index contributed by atoms with van der Waals surface area (Å²) in [7, 11) is -3.69. The Morgan fingerprint density at radius 1 is 1.14 bits per heavy atom. The van der Waals surface area contributed by atoms with Crippen LogP contribution in [0.3, 0.4) is 0 Å². The topological polar surface area (TPSA) is 73.2 Å². The summed E-state index contributed by atoms with van der Waals surface area (Å²) in [6.07, 6.45) is 2.27. The van der Waals surface area contributed by atoms with Crippen LogP contribution in [0.2, 0.25) is 0 Å². The quantitative estimate of drug-likeness (QED) is 0.676. The minimum Gasteiger partial charge on any atom is -0.376 e. The highest BCUT2D eigenvalue weighted by molar-refractivity contribution is 7.92. The van der Waals surface area contributed by atoms with Gasteiger partial charge in [0.05, 0.1) is 28.7 Å². The number of nitrogens with zero attached hydrogens (tertiary/aromatic N) is 2. The summed E-state index contributed by atoms with van der Waals surface area (Å²) in [5, 5.41) is 0. The monoisotopic (exact) mass is 413 g/mol. The molecular formula is C22H27N3O3S. The highest BCUT2D eigenvalue weighted by atomic mass is 32.2. The third kappa shape index (κ3) is 4.02. The summed E-state index contributed by atoms with van der Waals surface area (Å²) >= 11 is 0. The number of para-hydroxylation sites is 1. The van der Waals surface area contributed by atoms with Crippen molar-refractivity contribution in [3.8, 4) is 0 Å². The second kappa shape index (κ2) is 7.46. The summed E-state index contributed by atoms with van der Waals surface area (Å²) in [4.78, 5) is 5.11. The fourth-order valence-corrected chi connectivity index (χ4v) is 4.87. The minimum absolute atomic E-state index is 0.165. The molecule has 1 aliphatic heterocycles. The van der Waals surface area contributed by atoms with Crippen molar-refractivity contribution < 1.29 is 13.2 Å². The molecule has 6 nitrogen and oxygen atoms in total. The van der Waals surface area contributed by atoms with E-state index in [0.717, 1.165) is 37.3 Å². The van der Waals surface area contributed by atoms with Crippen molar-refractivity contribution in [3.63, 3.8) is 0 Å². The third-order valence-corrected chi connectivity index (χ3v) is 6.54. The van der Waals surface area contributed by atoms with Crippen LogP contribution in [0.15, 0.2) is 53.4 Å². The van der Waals surface area contributed by atoms with E-state index in [1.165, 1.54) is 0 Å². The molecule has 154 valence electrons. The molecule has 7 heteroatoms. The van der Waals surface area contributed by atoms with Crippen LogP contribution in [0.4, 0.5) is 5.69 Å². The SMILES string of the molecule is CC(C)(C)c1nc2c(NS(=O)(=O)c3ccccc3)cccc2n1CC1CCCO1. The van der Waals surface area contributed by atoms with Crippen LogP contribution in [0, 0.1) is 0 Å². The van der Waals surface area contributed by atoms with Crippen LogP contribution in [0.5, 0.6) is 0 Å². The first-order valence-electron chi connectivity index (χ1n) is 9.95. The van der Waals surface area contributed by atoms with E-state index in [1.54, 1.807) is 36.4 Å². The molecule has 0 spiro atoms. The third-order valence-electron chi connectivity index (χ3n) is 5.16. The molecule has 1 unspecified atom stereocenters. The first-order valence-corrected chi connectivity index (χ1v) is 11.4. The Balaban J connectivity index is 1.79. The van der Waals surface area contributed by atoms with Crippen molar-refractivity contribution in [3.05, 3.63) is 54.4 Å². The van der Waals surface area contributed by atoms with Crippen molar-refractivity contribution in [2.75, 3.05) is 11.3 Å². The van der Waals surface area contributed by atoms with Gasteiger partial charge in [0.25, 0.3) is 10.0 Å². The average Bonchev–Trinajstić information content (AvgIpc) is 3.31. The van der Waals surface area contributed by atoms with Gasteiger partial charge < -0.3 is 9.30 Å². The predicted molar refractivity (Wildman–Crippen MR) is 115 cm³/mol. The maximum absolute atomic E-state index is 12.8. The molecular weight excluding hydrogens is 386 g/mol. The molecule has 2 aromatic carbocycles. The molecule has 4 rings (SSSR count). The Kier molecular flexibility index (Phi) is 5.12. The van der Waals surface area contributed by atoms with Gasteiger partial charge in [0.2, 0.25) is 0 Å². The molecule has 0 amide bonds. The van der Waals surface area contributed by atoms with Crippen LogP contribution in [0.25, 0.3) is 11.0 Å². The number of benzene rings is 2. The highest BCUT2D eigenvalue weighted by Gasteiger charge is 2.27. The van der Waals surface area contributed by atoms with Gasteiger partial charge in [-0.15, -0.1) is 0 Å². The van der Waals surface area contributed by atoms with E-state index >= 15 is 0 Å². The van der Waals surface area contributed by atoms with E-state index in [2.05, 4.69) is 30.1 Å². The van der Waals surface area contributed by atoms with E-state index in [-0.39, 0.29) is 16.4 Å². The maximum Gasteiger partial charge on any atom is 0.261 e. The molecule has 1 fully saturated rings. The zero-order chi connectivity index (χ0) is 20.6. The lowest BCUT2D eigenvalue weighted by atomic mass is 9.95. The van der Waals surface area contributed by atoms with E-state index in [9.17, 15) is 8.42 Å². The number of nitrogens with one attached hydrogen (secondary N) is 1. The zero-order valence-corrected chi connectivity index (χ0v) is 17.9. The summed E-state index contributed by atoms with van der Waals surface area (Å²) in [5.74, 6) is 0.925. The Morgan fingerprint density at radius 2 is 1.90 bits per heavy atom. The molecule has 0 aliphatic carbocycles. The summed E-state index contributed by atoms with van der Waals surface area (Å²) in [6, 6.07) is 14.0. The molecule has 0 saturated carbocycles. The Bertz CT molecular complexity index is 1110. The smallest absolute Gasteiger partial charge is 0.261 e. The van der Waals surface area contributed by atoms with Crippen LogP contribution in [-0.2, 0) is 26.7 Å². The molecule has 1 saturated heterocycles. The van der Waals surface area contributed by atoms with Gasteiger partial charge in [-0.25, -0.2) is 13.4 Å². The van der Waals surface area contributed by atoms with Gasteiger partial charge in [-0.05, 0) is 37.1 Å².